The number of nitrogens with zero attached hydrogens (tertiary/aromatic N) is 1. The number of halogens is 16. The summed E-state index contributed by atoms with van der Waals surface area (Å²) in [6.07, 6.45) is -16.6. The predicted octanol–water partition coefficient (Wildman–Crippen LogP) is 12.6. The van der Waals surface area contributed by atoms with Crippen LogP contribution in [0.25, 0.3) is 5.57 Å². The number of hydrogen-bond donors (Lipinski definition) is 0. The fourth-order valence-corrected chi connectivity index (χ4v) is 7.43. The first-order chi connectivity index (χ1) is 30.4. The number of carbonyl (C=O) groups is 3. The van der Waals surface area contributed by atoms with E-state index in [2.05, 4.69) is 0 Å². The van der Waals surface area contributed by atoms with Gasteiger partial charge < -0.3 is 9.47 Å². The SMILES string of the molecule is CC(C)(C)OC(=O)C1(Cc2ccc(C(F)(F)F)cc2)C=C2C(=C(c3ccccc3)C(=O)C2(C)C)CN1C(=O)OCc1ccc(CCC(F)(F)C(F)(F)C(F)(F)C(F)(F)C(F)(F)C(F)(F)F)cc1. The second-order valence-electron chi connectivity index (χ2n) is 17.5. The number of hydrogen-bond acceptors (Lipinski definition) is 5. The number of Topliss-reactive ketones (excluding diaryl/α,β-unsaturated/α-hetero) is 1. The first-order valence-corrected chi connectivity index (χ1v) is 19.8. The highest BCUT2D eigenvalue weighted by atomic mass is 19.4. The van der Waals surface area contributed by atoms with Gasteiger partial charge in [-0.25, -0.2) is 9.59 Å². The Morgan fingerprint density at radius 2 is 1.16 bits per heavy atom. The van der Waals surface area contributed by atoms with Crippen LogP contribution in [0.4, 0.5) is 75.0 Å². The Hall–Kier alpha value is -5.57. The van der Waals surface area contributed by atoms with E-state index < -0.39 is 120 Å². The molecule has 1 heterocycles. The van der Waals surface area contributed by atoms with E-state index in [1.54, 1.807) is 44.2 Å². The minimum absolute atomic E-state index is 0.00466. The third-order valence-corrected chi connectivity index (χ3v) is 11.2. The Bertz CT molecular complexity index is 2420. The Morgan fingerprint density at radius 3 is 1.67 bits per heavy atom. The fourth-order valence-electron chi connectivity index (χ4n) is 7.43. The van der Waals surface area contributed by atoms with Crippen LogP contribution < -0.4 is 0 Å². The molecule has 0 fully saturated rings. The van der Waals surface area contributed by atoms with E-state index >= 15 is 0 Å². The molecule has 1 atom stereocenters. The maximum atomic E-state index is 14.6. The molecule has 2 aliphatic rings. The largest absolute Gasteiger partial charge is 0.460 e. The van der Waals surface area contributed by atoms with Crippen molar-refractivity contribution < 1.29 is 94.1 Å². The van der Waals surface area contributed by atoms with Crippen molar-refractivity contribution in [1.29, 1.82) is 0 Å². The molecular formula is C45H39F16NO5. The van der Waals surface area contributed by atoms with E-state index in [-0.39, 0.29) is 22.3 Å². The zero-order chi connectivity index (χ0) is 50.8. The molecule has 0 radical (unpaired) electrons. The average molecular weight is 978 g/mol. The monoisotopic (exact) mass is 977 g/mol. The summed E-state index contributed by atoms with van der Waals surface area (Å²) < 4.78 is 229. The highest BCUT2D eigenvalue weighted by molar-refractivity contribution is 6.29. The lowest BCUT2D eigenvalue weighted by atomic mass is 9.75. The number of carbonyl (C=O) groups excluding carboxylic acids is 3. The number of amides is 1. The highest BCUT2D eigenvalue weighted by Crippen LogP contribution is 2.61. The van der Waals surface area contributed by atoms with E-state index in [1.807, 2.05) is 0 Å². The number of esters is 1. The molecule has 0 bridgehead atoms. The van der Waals surface area contributed by atoms with Crippen LogP contribution in [0.1, 0.15) is 68.9 Å². The van der Waals surface area contributed by atoms with Crippen LogP contribution in [0.5, 0.6) is 0 Å². The van der Waals surface area contributed by atoms with Crippen LogP contribution in [0.3, 0.4) is 0 Å². The summed E-state index contributed by atoms with van der Waals surface area (Å²) in [7, 11) is 0. The van der Waals surface area contributed by atoms with E-state index in [4.69, 9.17) is 9.47 Å². The molecule has 1 aliphatic heterocycles. The third-order valence-electron chi connectivity index (χ3n) is 11.2. The maximum absolute atomic E-state index is 14.6. The summed E-state index contributed by atoms with van der Waals surface area (Å²) in [5.41, 5.74) is -4.94. The van der Waals surface area contributed by atoms with Gasteiger partial charge in [-0.15, -0.1) is 0 Å². The van der Waals surface area contributed by atoms with Gasteiger partial charge in [-0.3, -0.25) is 9.69 Å². The van der Waals surface area contributed by atoms with Gasteiger partial charge in [-0.2, -0.15) is 70.2 Å². The van der Waals surface area contributed by atoms with Crippen LogP contribution >= 0.6 is 0 Å². The van der Waals surface area contributed by atoms with Crippen LogP contribution in [0.15, 0.2) is 96.1 Å². The van der Waals surface area contributed by atoms with Gasteiger partial charge >= 0.3 is 54.0 Å². The van der Waals surface area contributed by atoms with E-state index in [0.717, 1.165) is 53.4 Å². The molecule has 366 valence electrons. The van der Waals surface area contributed by atoms with Crippen molar-refractivity contribution in [2.24, 2.45) is 5.41 Å². The number of fused-ring (bicyclic) bond motifs is 1. The van der Waals surface area contributed by atoms with Gasteiger partial charge in [0.1, 0.15) is 12.2 Å². The zero-order valence-electron chi connectivity index (χ0n) is 35.7. The molecule has 0 N–H and O–H groups in total. The molecule has 1 unspecified atom stereocenters. The van der Waals surface area contributed by atoms with E-state index in [1.165, 1.54) is 26.8 Å². The molecule has 5 rings (SSSR count). The fraction of sp³-hybridized carbons (Fsp3) is 0.444. The molecule has 0 saturated carbocycles. The van der Waals surface area contributed by atoms with E-state index in [9.17, 15) is 84.6 Å². The summed E-state index contributed by atoms with van der Waals surface area (Å²) in [5, 5.41) is 0. The van der Waals surface area contributed by atoms with Crippen molar-refractivity contribution in [3.63, 3.8) is 0 Å². The number of benzene rings is 3. The molecule has 22 heteroatoms. The molecule has 0 saturated heterocycles. The molecule has 1 amide bonds. The van der Waals surface area contributed by atoms with Gasteiger partial charge in [-0.05, 0) is 92.6 Å². The van der Waals surface area contributed by atoms with Crippen molar-refractivity contribution in [3.05, 3.63) is 124 Å². The molecule has 0 spiro atoms. The minimum Gasteiger partial charge on any atom is -0.458 e. The molecule has 0 aromatic heterocycles. The van der Waals surface area contributed by atoms with Gasteiger partial charge in [0.05, 0.1) is 17.5 Å². The number of rotatable bonds is 13. The van der Waals surface area contributed by atoms with Crippen molar-refractivity contribution in [3.8, 4) is 0 Å². The minimum atomic E-state index is -8.03. The van der Waals surface area contributed by atoms with Crippen LogP contribution in [-0.4, -0.2) is 76.2 Å². The molecule has 3 aromatic carbocycles. The lowest BCUT2D eigenvalue weighted by Crippen LogP contribution is -2.70. The zero-order valence-corrected chi connectivity index (χ0v) is 35.7. The molecule has 6 nitrogen and oxygen atoms in total. The van der Waals surface area contributed by atoms with Gasteiger partial charge in [0.15, 0.2) is 11.3 Å². The van der Waals surface area contributed by atoms with Gasteiger partial charge in [0.25, 0.3) is 0 Å². The second-order valence-corrected chi connectivity index (χ2v) is 17.5. The number of allylic oxidation sites excluding steroid dienone is 1. The predicted molar refractivity (Wildman–Crippen MR) is 206 cm³/mol. The maximum Gasteiger partial charge on any atom is 0.460 e. The lowest BCUT2D eigenvalue weighted by Gasteiger charge is -2.45. The second kappa shape index (κ2) is 17.2. The Morgan fingerprint density at radius 1 is 0.657 bits per heavy atom. The van der Waals surface area contributed by atoms with Crippen molar-refractivity contribution >= 4 is 23.4 Å². The number of ketones is 1. The highest BCUT2D eigenvalue weighted by Gasteiger charge is 2.90. The standard InChI is InChI=1S/C45H39F16NO5/c1-36(2,3)67-34(64)38(21-26-15-17-29(18-16-26)40(48,49)50)22-31-30(32(33(63)37(31,4)5)28-9-7-6-8-10-28)23-62(38)35(65)66-24-27-13-11-25(12-14-27)19-20-39(46,47)41(51,52)42(53,54)43(55,56)44(57,58)45(59,60)61/h6-18,22H,19-21,23-24H2,1-5H3. The first kappa shape index (κ1) is 52.4. The Kier molecular flexibility index (Phi) is 13.4. The Labute approximate surface area is 371 Å². The van der Waals surface area contributed by atoms with E-state index in [0.29, 0.717) is 11.1 Å². The van der Waals surface area contributed by atoms with Crippen molar-refractivity contribution in [1.82, 2.24) is 4.90 Å². The summed E-state index contributed by atoms with van der Waals surface area (Å²) in [6.45, 7) is 6.42. The number of ether oxygens (including phenoxy) is 2. The van der Waals surface area contributed by atoms with Crippen molar-refractivity contribution in [2.75, 3.05) is 6.54 Å². The third kappa shape index (κ3) is 9.49. The number of aryl methyl sites for hydroxylation is 1. The quantitative estimate of drug-likeness (QED) is 0.126. The topological polar surface area (TPSA) is 72.9 Å². The molecular weight excluding hydrogens is 938 g/mol. The van der Waals surface area contributed by atoms with Gasteiger partial charge in [0, 0.05) is 18.4 Å². The van der Waals surface area contributed by atoms with Crippen LogP contribution in [0, 0.1) is 5.41 Å². The first-order valence-electron chi connectivity index (χ1n) is 19.8. The van der Waals surface area contributed by atoms with Gasteiger partial charge in [-0.1, -0.05) is 66.7 Å². The Balaban J connectivity index is 1.48. The smallest absolute Gasteiger partial charge is 0.458 e. The van der Waals surface area contributed by atoms with Crippen LogP contribution in [0.2, 0.25) is 0 Å². The summed E-state index contributed by atoms with van der Waals surface area (Å²) in [5.74, 6) is -39.0. The molecule has 3 aromatic rings. The molecule has 1 aliphatic carbocycles. The van der Waals surface area contributed by atoms with Crippen LogP contribution in [-0.2, 0) is 44.7 Å². The lowest BCUT2D eigenvalue weighted by molar-refractivity contribution is -0.440. The number of alkyl halides is 16. The summed E-state index contributed by atoms with van der Waals surface area (Å²) >= 11 is 0. The normalized spacial score (nSPS) is 18.7. The van der Waals surface area contributed by atoms with Crippen molar-refractivity contribution in [2.45, 2.75) is 114 Å². The molecule has 67 heavy (non-hydrogen) atoms. The average Bonchev–Trinajstić information content (AvgIpc) is 3.40. The van der Waals surface area contributed by atoms with Gasteiger partial charge in [0.2, 0.25) is 0 Å². The summed E-state index contributed by atoms with van der Waals surface area (Å²) in [6, 6.07) is 15.7. The summed E-state index contributed by atoms with van der Waals surface area (Å²) in [4.78, 5) is 44.0.